The van der Waals surface area contributed by atoms with E-state index in [2.05, 4.69) is 40.2 Å². The molecule has 0 radical (unpaired) electrons. The highest BCUT2D eigenvalue weighted by Crippen LogP contribution is 2.67. The molecular weight excluding hydrogens is 356 g/mol. The molecule has 29 heavy (non-hydrogen) atoms. The van der Waals surface area contributed by atoms with Crippen LogP contribution in [0.25, 0.3) is 0 Å². The van der Waals surface area contributed by atoms with Crippen LogP contribution in [0.2, 0.25) is 0 Å². The summed E-state index contributed by atoms with van der Waals surface area (Å²) in [5, 5.41) is 0. The molecule has 0 amide bonds. The molecule has 6 bridgehead atoms. The molecule has 0 N–H and O–H groups in total. The summed E-state index contributed by atoms with van der Waals surface area (Å²) in [6, 6.07) is 3.59. The molecule has 7 aliphatic rings. The van der Waals surface area contributed by atoms with E-state index in [1.807, 2.05) is 0 Å². The van der Waals surface area contributed by atoms with E-state index >= 15 is 0 Å². The number of hydrogen-bond acceptors (Lipinski definition) is 3. The van der Waals surface area contributed by atoms with Crippen molar-refractivity contribution < 1.29 is 4.42 Å². The van der Waals surface area contributed by atoms with Crippen LogP contribution in [0.5, 0.6) is 0 Å². The van der Waals surface area contributed by atoms with Gasteiger partial charge in [0.1, 0.15) is 11.5 Å². The number of hydrogen-bond donors (Lipinski definition) is 0. The van der Waals surface area contributed by atoms with Crippen molar-refractivity contribution >= 4 is 0 Å². The number of piperidine rings is 1. The van der Waals surface area contributed by atoms with Gasteiger partial charge in [-0.05, 0) is 95.0 Å². The summed E-state index contributed by atoms with van der Waals surface area (Å²) in [4.78, 5) is 5.66. The Labute approximate surface area is 175 Å². The van der Waals surface area contributed by atoms with Gasteiger partial charge in [-0.15, -0.1) is 0 Å². The Balaban J connectivity index is 1.42. The molecular formula is C26H36N2O. The lowest BCUT2D eigenvalue weighted by Crippen LogP contribution is -2.47. The molecule has 1 aromatic rings. The van der Waals surface area contributed by atoms with Gasteiger partial charge in [0.05, 0.1) is 6.04 Å². The number of rotatable bonds is 0. The Morgan fingerprint density at radius 3 is 2.76 bits per heavy atom. The van der Waals surface area contributed by atoms with Crippen LogP contribution in [0.1, 0.15) is 86.8 Å². The summed E-state index contributed by atoms with van der Waals surface area (Å²) in [5.41, 5.74) is 1.97. The van der Waals surface area contributed by atoms with E-state index in [1.165, 1.54) is 89.1 Å². The lowest BCUT2D eigenvalue weighted by molar-refractivity contribution is 0.0364. The zero-order valence-corrected chi connectivity index (χ0v) is 17.8. The molecule has 5 atom stereocenters. The highest BCUT2D eigenvalue weighted by atomic mass is 16.3. The van der Waals surface area contributed by atoms with E-state index in [-0.39, 0.29) is 0 Å². The van der Waals surface area contributed by atoms with Crippen LogP contribution < -0.4 is 0 Å². The lowest BCUT2D eigenvalue weighted by Gasteiger charge is -2.45. The fourth-order valence-electron chi connectivity index (χ4n) is 7.32. The van der Waals surface area contributed by atoms with Crippen LogP contribution in [-0.4, -0.2) is 42.0 Å². The summed E-state index contributed by atoms with van der Waals surface area (Å²) < 4.78 is 6.69. The Morgan fingerprint density at radius 2 is 1.79 bits per heavy atom. The first-order chi connectivity index (χ1) is 14.4. The van der Waals surface area contributed by atoms with Gasteiger partial charge < -0.3 is 9.32 Å². The summed E-state index contributed by atoms with van der Waals surface area (Å²) in [6.07, 6.45) is 22.5. The van der Waals surface area contributed by atoms with E-state index in [0.29, 0.717) is 23.4 Å². The van der Waals surface area contributed by atoms with Gasteiger partial charge in [0.2, 0.25) is 0 Å². The van der Waals surface area contributed by atoms with Crippen LogP contribution in [0.4, 0.5) is 0 Å². The zero-order chi connectivity index (χ0) is 19.3. The molecule has 8 rings (SSSR count). The van der Waals surface area contributed by atoms with E-state index in [1.54, 1.807) is 5.56 Å². The summed E-state index contributed by atoms with van der Waals surface area (Å²) in [5.74, 6) is 3.30. The van der Waals surface area contributed by atoms with Crippen LogP contribution in [0.15, 0.2) is 34.8 Å². The molecule has 1 spiro atoms. The Bertz CT molecular complexity index is 808. The van der Waals surface area contributed by atoms with E-state index < -0.39 is 0 Å². The van der Waals surface area contributed by atoms with Gasteiger partial charge in [-0.3, -0.25) is 4.90 Å². The third-order valence-corrected chi connectivity index (χ3v) is 8.52. The van der Waals surface area contributed by atoms with Crippen LogP contribution in [-0.2, 0) is 6.42 Å². The molecule has 1 unspecified atom stereocenters. The molecule has 7 heterocycles. The standard InChI is InChI=1S/C26H36N2O/c1-2-5-9-14-27-16-13-23-22-17-21(12-8-3-1)29-24(22)25-26(23,19-27)18-20-11-7-4-6-10-15-28(20)25/h1,3,7,11,17,20,23,25H,2,4-6,8-10,12-16,18-19H2/b3-1-,11-7-/t20-,23-,25+,26-/m0/s1. The number of furan rings is 1. The van der Waals surface area contributed by atoms with Crippen molar-refractivity contribution in [1.82, 2.24) is 9.80 Å². The number of allylic oxidation sites excluding steroid dienone is 3. The number of nitrogens with zero attached hydrogens (tertiary/aromatic N) is 2. The third-order valence-electron chi connectivity index (χ3n) is 8.52. The van der Waals surface area contributed by atoms with Gasteiger partial charge in [0.15, 0.2) is 0 Å². The van der Waals surface area contributed by atoms with Crippen LogP contribution in [0.3, 0.4) is 0 Å². The number of fused-ring (bicyclic) bond motifs is 2. The first kappa shape index (κ1) is 18.4. The fourth-order valence-corrected chi connectivity index (χ4v) is 7.32. The lowest BCUT2D eigenvalue weighted by atomic mass is 9.68. The van der Waals surface area contributed by atoms with Crippen LogP contribution in [0, 0.1) is 5.41 Å². The maximum atomic E-state index is 6.69. The van der Waals surface area contributed by atoms with E-state index in [0.717, 1.165) is 12.8 Å². The topological polar surface area (TPSA) is 19.6 Å². The average molecular weight is 393 g/mol. The molecule has 6 aliphatic heterocycles. The van der Waals surface area contributed by atoms with Crippen molar-refractivity contribution in [3.8, 4) is 0 Å². The first-order valence-electron chi connectivity index (χ1n) is 12.3. The fraction of sp³-hybridized carbons (Fsp3) is 0.692. The zero-order valence-electron chi connectivity index (χ0n) is 17.8. The number of aryl methyl sites for hydroxylation is 1. The molecule has 156 valence electrons. The van der Waals surface area contributed by atoms with Crippen molar-refractivity contribution in [2.45, 2.75) is 82.2 Å². The monoisotopic (exact) mass is 392 g/mol. The molecule has 1 aliphatic carbocycles. The molecule has 1 aromatic heterocycles. The van der Waals surface area contributed by atoms with Gasteiger partial charge in [0.25, 0.3) is 0 Å². The smallest absolute Gasteiger partial charge is 0.125 e. The van der Waals surface area contributed by atoms with Crippen molar-refractivity contribution in [2.75, 3.05) is 26.2 Å². The van der Waals surface area contributed by atoms with Crippen molar-refractivity contribution in [3.63, 3.8) is 0 Å². The summed E-state index contributed by atoms with van der Waals surface area (Å²) in [7, 11) is 0. The third kappa shape index (κ3) is 2.99. The van der Waals surface area contributed by atoms with Gasteiger partial charge in [-0.1, -0.05) is 24.3 Å². The first-order valence-corrected chi connectivity index (χ1v) is 12.3. The van der Waals surface area contributed by atoms with Gasteiger partial charge >= 0.3 is 0 Å². The SMILES string of the molecule is C1=C\CCc2cc3c(o2)[C@H]2N4CCCC/C=C\[C@H]4C[C@@]24CN(CCCC/1)CC[C@@H]34. The maximum absolute atomic E-state index is 6.69. The highest BCUT2D eigenvalue weighted by molar-refractivity contribution is 5.42. The van der Waals surface area contributed by atoms with Crippen molar-refractivity contribution in [2.24, 2.45) is 5.41 Å². The second-order valence-electron chi connectivity index (χ2n) is 10.2. The Hall–Kier alpha value is -1.32. The van der Waals surface area contributed by atoms with Gasteiger partial charge in [-0.2, -0.15) is 0 Å². The molecule has 3 heteroatoms. The van der Waals surface area contributed by atoms with Gasteiger partial charge in [-0.25, -0.2) is 0 Å². The minimum atomic E-state index is 0.378. The molecule has 2 saturated heterocycles. The molecule has 3 nitrogen and oxygen atoms in total. The van der Waals surface area contributed by atoms with Crippen LogP contribution >= 0.6 is 0 Å². The molecule has 0 saturated carbocycles. The van der Waals surface area contributed by atoms with E-state index in [9.17, 15) is 0 Å². The van der Waals surface area contributed by atoms with Crippen molar-refractivity contribution in [3.05, 3.63) is 47.5 Å². The quantitative estimate of drug-likeness (QED) is 0.536. The second kappa shape index (κ2) is 7.42. The van der Waals surface area contributed by atoms with Crippen molar-refractivity contribution in [1.29, 1.82) is 0 Å². The molecule has 0 aromatic carbocycles. The summed E-state index contributed by atoms with van der Waals surface area (Å²) in [6.45, 7) is 5.07. The van der Waals surface area contributed by atoms with Gasteiger partial charge in [0, 0.05) is 24.4 Å². The van der Waals surface area contributed by atoms with E-state index in [4.69, 9.17) is 4.42 Å². The molecule has 2 fully saturated rings. The minimum absolute atomic E-state index is 0.378. The largest absolute Gasteiger partial charge is 0.464 e. The Morgan fingerprint density at radius 1 is 0.931 bits per heavy atom. The Kier molecular flexibility index (Phi) is 4.72. The normalized spacial score (nSPS) is 41.8. The predicted octanol–water partition coefficient (Wildman–Crippen LogP) is 5.60. The second-order valence-corrected chi connectivity index (χ2v) is 10.2. The predicted molar refractivity (Wildman–Crippen MR) is 117 cm³/mol. The average Bonchev–Trinajstić information content (AvgIpc) is 3.29. The summed E-state index contributed by atoms with van der Waals surface area (Å²) >= 11 is 0. The minimum Gasteiger partial charge on any atom is -0.464 e. The maximum Gasteiger partial charge on any atom is 0.125 e. The highest BCUT2D eigenvalue weighted by Gasteiger charge is 2.64.